The molecule has 0 spiro atoms. The summed E-state index contributed by atoms with van der Waals surface area (Å²) in [5.74, 6) is 0.335. The molecular weight excluding hydrogens is 256 g/mol. The van der Waals surface area contributed by atoms with E-state index >= 15 is 0 Å². The summed E-state index contributed by atoms with van der Waals surface area (Å²) in [7, 11) is 0. The fourth-order valence-electron chi connectivity index (χ4n) is 1.86. The van der Waals surface area contributed by atoms with Crippen LogP contribution in [0.2, 0.25) is 5.02 Å². The SMILES string of the molecule is CCc1c(N)n[nH]c1-c1c(Cl)cccc1[N+](=O)[O-]. The molecule has 0 amide bonds. The topological polar surface area (TPSA) is 97.8 Å². The molecule has 1 heterocycles. The van der Waals surface area contributed by atoms with Crippen molar-refractivity contribution < 1.29 is 4.92 Å². The maximum atomic E-state index is 11.0. The van der Waals surface area contributed by atoms with Crippen molar-refractivity contribution in [3.05, 3.63) is 38.9 Å². The van der Waals surface area contributed by atoms with Gasteiger partial charge in [-0.3, -0.25) is 15.2 Å². The average Bonchev–Trinajstić information content (AvgIpc) is 2.69. The third-order valence-electron chi connectivity index (χ3n) is 2.69. The lowest BCUT2D eigenvalue weighted by Crippen LogP contribution is -1.96. The summed E-state index contributed by atoms with van der Waals surface area (Å²) in [5.41, 5.74) is 7.20. The van der Waals surface area contributed by atoms with E-state index in [-0.39, 0.29) is 5.69 Å². The summed E-state index contributed by atoms with van der Waals surface area (Å²) in [6, 6.07) is 4.54. The molecule has 0 aliphatic rings. The smallest absolute Gasteiger partial charge is 0.280 e. The van der Waals surface area contributed by atoms with E-state index in [0.717, 1.165) is 5.56 Å². The van der Waals surface area contributed by atoms with Gasteiger partial charge in [0.1, 0.15) is 5.82 Å². The van der Waals surface area contributed by atoms with Gasteiger partial charge in [-0.2, -0.15) is 5.10 Å². The number of rotatable bonds is 3. The van der Waals surface area contributed by atoms with E-state index in [0.29, 0.717) is 28.5 Å². The Morgan fingerprint density at radius 2 is 2.28 bits per heavy atom. The highest BCUT2D eigenvalue weighted by molar-refractivity contribution is 6.33. The van der Waals surface area contributed by atoms with Crippen molar-refractivity contribution in [2.24, 2.45) is 0 Å². The Labute approximate surface area is 108 Å². The fraction of sp³-hybridized carbons (Fsp3) is 0.182. The first-order chi connectivity index (χ1) is 8.56. The molecule has 0 saturated heterocycles. The van der Waals surface area contributed by atoms with Gasteiger partial charge in [-0.25, -0.2) is 0 Å². The number of nitrogens with zero attached hydrogens (tertiary/aromatic N) is 2. The van der Waals surface area contributed by atoms with Crippen molar-refractivity contribution in [2.75, 3.05) is 5.73 Å². The molecule has 2 rings (SSSR count). The Bertz CT molecular complexity index is 609. The largest absolute Gasteiger partial charge is 0.382 e. The molecule has 0 bridgehead atoms. The zero-order valence-corrected chi connectivity index (χ0v) is 10.4. The molecule has 0 aliphatic carbocycles. The highest BCUT2D eigenvalue weighted by Crippen LogP contribution is 2.38. The molecule has 6 nitrogen and oxygen atoms in total. The predicted octanol–water partition coefficient (Wildman–Crippen LogP) is 2.78. The number of nitrogens with one attached hydrogen (secondary N) is 1. The molecule has 1 aromatic heterocycles. The van der Waals surface area contributed by atoms with Gasteiger partial charge in [0.2, 0.25) is 0 Å². The van der Waals surface area contributed by atoms with E-state index in [1.807, 2.05) is 6.92 Å². The van der Waals surface area contributed by atoms with Gasteiger partial charge in [0.05, 0.1) is 21.2 Å². The number of halogens is 1. The van der Waals surface area contributed by atoms with Gasteiger partial charge in [0.25, 0.3) is 5.69 Å². The first-order valence-electron chi connectivity index (χ1n) is 5.32. The van der Waals surface area contributed by atoms with Crippen LogP contribution >= 0.6 is 11.6 Å². The quantitative estimate of drug-likeness (QED) is 0.659. The highest BCUT2D eigenvalue weighted by atomic mass is 35.5. The second-order valence-corrected chi connectivity index (χ2v) is 4.11. The van der Waals surface area contributed by atoms with Gasteiger partial charge in [-0.15, -0.1) is 0 Å². The van der Waals surface area contributed by atoms with Crippen LogP contribution in [0, 0.1) is 10.1 Å². The Kier molecular flexibility index (Phi) is 3.20. The molecule has 0 atom stereocenters. The maximum Gasteiger partial charge on any atom is 0.280 e. The molecule has 18 heavy (non-hydrogen) atoms. The highest BCUT2D eigenvalue weighted by Gasteiger charge is 2.23. The number of H-pyrrole nitrogens is 1. The molecule has 0 aliphatic heterocycles. The molecule has 94 valence electrons. The van der Waals surface area contributed by atoms with Crippen LogP contribution in [-0.4, -0.2) is 15.1 Å². The van der Waals surface area contributed by atoms with Crippen LogP contribution in [0.3, 0.4) is 0 Å². The van der Waals surface area contributed by atoms with E-state index in [2.05, 4.69) is 10.2 Å². The Balaban J connectivity index is 2.74. The monoisotopic (exact) mass is 266 g/mol. The van der Waals surface area contributed by atoms with Gasteiger partial charge in [0.15, 0.2) is 0 Å². The van der Waals surface area contributed by atoms with Crippen LogP contribution in [-0.2, 0) is 6.42 Å². The number of nitrogens with two attached hydrogens (primary N) is 1. The van der Waals surface area contributed by atoms with Crippen molar-refractivity contribution in [3.8, 4) is 11.3 Å². The number of hydrogen-bond donors (Lipinski definition) is 2. The molecule has 0 fully saturated rings. The number of nitro groups is 1. The Morgan fingerprint density at radius 1 is 1.56 bits per heavy atom. The number of hydrogen-bond acceptors (Lipinski definition) is 4. The van der Waals surface area contributed by atoms with Crippen molar-refractivity contribution >= 4 is 23.1 Å². The summed E-state index contributed by atoms with van der Waals surface area (Å²) in [6.45, 7) is 1.90. The third kappa shape index (κ3) is 1.91. The van der Waals surface area contributed by atoms with Crippen LogP contribution in [0.15, 0.2) is 18.2 Å². The lowest BCUT2D eigenvalue weighted by atomic mass is 10.0. The van der Waals surface area contributed by atoms with E-state index < -0.39 is 4.92 Å². The average molecular weight is 267 g/mol. The number of benzene rings is 1. The van der Waals surface area contributed by atoms with Crippen LogP contribution in [0.5, 0.6) is 0 Å². The second-order valence-electron chi connectivity index (χ2n) is 3.71. The van der Waals surface area contributed by atoms with Crippen molar-refractivity contribution in [3.63, 3.8) is 0 Å². The van der Waals surface area contributed by atoms with E-state index in [1.165, 1.54) is 12.1 Å². The van der Waals surface area contributed by atoms with Gasteiger partial charge >= 0.3 is 0 Å². The minimum Gasteiger partial charge on any atom is -0.382 e. The first kappa shape index (κ1) is 12.4. The number of aromatic nitrogens is 2. The van der Waals surface area contributed by atoms with Crippen LogP contribution < -0.4 is 5.73 Å². The van der Waals surface area contributed by atoms with Crippen molar-refractivity contribution in [2.45, 2.75) is 13.3 Å². The minimum absolute atomic E-state index is 0.0687. The lowest BCUT2D eigenvalue weighted by molar-refractivity contribution is -0.384. The van der Waals surface area contributed by atoms with Gasteiger partial charge in [-0.1, -0.05) is 24.6 Å². The summed E-state index contributed by atoms with van der Waals surface area (Å²) < 4.78 is 0. The zero-order chi connectivity index (χ0) is 13.3. The summed E-state index contributed by atoms with van der Waals surface area (Å²) in [4.78, 5) is 10.6. The predicted molar refractivity (Wildman–Crippen MR) is 69.5 cm³/mol. The van der Waals surface area contributed by atoms with Crippen LogP contribution in [0.25, 0.3) is 11.3 Å². The summed E-state index contributed by atoms with van der Waals surface area (Å²) in [6.07, 6.45) is 0.611. The molecule has 0 radical (unpaired) electrons. The lowest BCUT2D eigenvalue weighted by Gasteiger charge is -2.05. The molecule has 0 saturated carbocycles. The van der Waals surface area contributed by atoms with Crippen LogP contribution in [0.4, 0.5) is 11.5 Å². The molecular formula is C11H11ClN4O2. The van der Waals surface area contributed by atoms with Crippen LogP contribution in [0.1, 0.15) is 12.5 Å². The second kappa shape index (κ2) is 4.66. The van der Waals surface area contributed by atoms with E-state index in [9.17, 15) is 10.1 Å². The molecule has 7 heteroatoms. The van der Waals surface area contributed by atoms with Gasteiger partial charge in [0, 0.05) is 11.6 Å². The van der Waals surface area contributed by atoms with Crippen molar-refractivity contribution in [1.82, 2.24) is 10.2 Å². The molecule has 1 aromatic carbocycles. The normalized spacial score (nSPS) is 10.6. The molecule has 3 N–H and O–H groups in total. The Morgan fingerprint density at radius 3 is 2.89 bits per heavy atom. The number of nitrogen functional groups attached to an aromatic ring is 1. The first-order valence-corrected chi connectivity index (χ1v) is 5.70. The van der Waals surface area contributed by atoms with E-state index in [1.54, 1.807) is 6.07 Å². The van der Waals surface area contributed by atoms with Gasteiger partial charge in [-0.05, 0) is 12.5 Å². The number of aromatic amines is 1. The third-order valence-corrected chi connectivity index (χ3v) is 3.01. The number of nitro benzene ring substituents is 1. The standard InChI is InChI=1S/C11H11ClN4O2/c1-2-6-10(14-15-11(6)13)9-7(12)4-3-5-8(9)16(17)18/h3-5H,2H2,1H3,(H3,13,14,15). The van der Waals surface area contributed by atoms with E-state index in [4.69, 9.17) is 17.3 Å². The minimum atomic E-state index is -0.475. The zero-order valence-electron chi connectivity index (χ0n) is 9.61. The van der Waals surface area contributed by atoms with Crippen molar-refractivity contribution in [1.29, 1.82) is 0 Å². The Hall–Kier alpha value is -2.08. The fourth-order valence-corrected chi connectivity index (χ4v) is 2.12. The maximum absolute atomic E-state index is 11.0. The van der Waals surface area contributed by atoms with Gasteiger partial charge < -0.3 is 5.73 Å². The molecule has 0 unspecified atom stereocenters. The summed E-state index contributed by atoms with van der Waals surface area (Å²) in [5, 5.41) is 17.9. The molecule has 2 aromatic rings. The number of anilines is 1. The summed E-state index contributed by atoms with van der Waals surface area (Å²) >= 11 is 6.05.